The van der Waals surface area contributed by atoms with Crippen LogP contribution >= 0.6 is 0 Å². The van der Waals surface area contributed by atoms with Crippen LogP contribution in [0.1, 0.15) is 13.8 Å². The summed E-state index contributed by atoms with van der Waals surface area (Å²) >= 11 is 0.118. The first-order valence-corrected chi connectivity index (χ1v) is 5.79. The maximum atomic E-state index is 11.2. The average Bonchev–Trinajstić information content (AvgIpc) is 2.29. The fourth-order valence-electron chi connectivity index (χ4n) is 1.68. The second-order valence-electron chi connectivity index (χ2n) is 3.71. The molecule has 0 aliphatic heterocycles. The maximum Gasteiger partial charge on any atom is 0.334 e. The van der Waals surface area contributed by atoms with Crippen molar-refractivity contribution in [2.45, 2.75) is 20.0 Å². The Morgan fingerprint density at radius 1 is 1.50 bits per heavy atom. The maximum absolute atomic E-state index is 11.2. The molecule has 0 spiro atoms. The zero-order valence-corrected chi connectivity index (χ0v) is 11.0. The lowest BCUT2D eigenvalue weighted by molar-refractivity contribution is -0.133. The highest BCUT2D eigenvalue weighted by molar-refractivity contribution is 7.67. The van der Waals surface area contributed by atoms with Gasteiger partial charge in [-0.25, -0.2) is 9.00 Å². The molecule has 0 bridgehead atoms. The van der Waals surface area contributed by atoms with E-state index in [4.69, 9.17) is 9.84 Å². The van der Waals surface area contributed by atoms with Crippen LogP contribution in [-0.4, -0.2) is 39.3 Å². The predicted octanol–water partition coefficient (Wildman–Crippen LogP) is -0.178. The van der Waals surface area contributed by atoms with Crippen LogP contribution in [0.4, 0.5) is 0 Å². The number of carbonyl (C=O) groups is 2. The molecule has 0 saturated heterocycles. The minimum absolute atomic E-state index is 0.0255. The van der Waals surface area contributed by atoms with Gasteiger partial charge in [-0.15, -0.1) is 0 Å². The van der Waals surface area contributed by atoms with Crippen molar-refractivity contribution in [2.75, 3.05) is 7.11 Å². The highest BCUT2D eigenvalue weighted by Crippen LogP contribution is 2.22. The molecular weight excluding hydrogens is 258 g/mol. The lowest BCUT2D eigenvalue weighted by Crippen LogP contribution is -2.39. The lowest BCUT2D eigenvalue weighted by atomic mass is 9.94. The molecule has 0 fully saturated rings. The van der Waals surface area contributed by atoms with E-state index in [9.17, 15) is 13.8 Å². The summed E-state index contributed by atoms with van der Waals surface area (Å²) < 4.78 is 16.2. The summed E-state index contributed by atoms with van der Waals surface area (Å²) in [5.74, 6) is -1.49. The van der Waals surface area contributed by atoms with E-state index in [2.05, 4.69) is 5.32 Å². The molecule has 1 amide bonds. The normalized spacial score (nSPS) is 19.4. The Kier molecular flexibility index (Phi) is 4.57. The minimum atomic E-state index is -1.16. The predicted molar refractivity (Wildman–Crippen MR) is 66.2 cm³/mol. The first-order valence-electron chi connectivity index (χ1n) is 5.05. The molecule has 1 aliphatic carbocycles. The number of hydrogen-bond donors (Lipinski definition) is 2. The van der Waals surface area contributed by atoms with E-state index in [0.29, 0.717) is 11.3 Å². The summed E-state index contributed by atoms with van der Waals surface area (Å²) in [5.41, 5.74) is 0.802. The third-order valence-corrected chi connectivity index (χ3v) is 3.00. The molecule has 7 heteroatoms. The van der Waals surface area contributed by atoms with E-state index >= 15 is 0 Å². The molecule has 2 N–H and O–H groups in total. The zero-order valence-electron chi connectivity index (χ0n) is 10.1. The first kappa shape index (κ1) is 14.3. The van der Waals surface area contributed by atoms with E-state index in [1.165, 1.54) is 20.1 Å². The van der Waals surface area contributed by atoms with Crippen LogP contribution in [0.5, 0.6) is 0 Å². The molecule has 0 aromatic carbocycles. The Hall–Kier alpha value is -1.73. The van der Waals surface area contributed by atoms with E-state index < -0.39 is 12.1 Å². The van der Waals surface area contributed by atoms with Crippen LogP contribution < -0.4 is 5.32 Å². The van der Waals surface area contributed by atoms with Crippen LogP contribution in [0.25, 0.3) is 0 Å². The quantitative estimate of drug-likeness (QED) is 0.695. The summed E-state index contributed by atoms with van der Waals surface area (Å²) in [6.07, 6.45) is 0.428. The number of amides is 1. The molecule has 6 nitrogen and oxygen atoms in total. The summed E-state index contributed by atoms with van der Waals surface area (Å²) in [6.45, 7) is 2.93. The molecule has 0 aromatic rings. The minimum Gasteiger partial charge on any atom is -0.478 e. The second kappa shape index (κ2) is 5.74. The molecule has 1 rings (SSSR count). The monoisotopic (exact) mass is 271 g/mol. The zero-order chi connectivity index (χ0) is 13.9. The molecule has 0 radical (unpaired) electrons. The number of hydrogen-bond acceptors (Lipinski definition) is 4. The standard InChI is InChI=1S/C11H13NO5S/c1-5-4-7(11(14)15)9(17-3)10(18-16)8(5)12-6(2)13/h4,9H,1-3H3,(H,12,13)(H,14,15). The van der Waals surface area contributed by atoms with Gasteiger partial charge in [-0.3, -0.25) is 4.79 Å². The van der Waals surface area contributed by atoms with Crippen LogP contribution in [-0.2, 0) is 25.6 Å². The Balaban J connectivity index is 3.39. The molecule has 18 heavy (non-hydrogen) atoms. The number of aliphatic carboxylic acids is 1. The lowest BCUT2D eigenvalue weighted by Gasteiger charge is -2.24. The summed E-state index contributed by atoms with van der Waals surface area (Å²) in [7, 11) is 1.31. The molecular formula is C11H13NO5S. The number of allylic oxidation sites excluding steroid dienone is 2. The third-order valence-electron chi connectivity index (χ3n) is 2.41. The fourth-order valence-corrected chi connectivity index (χ4v) is 2.28. The molecule has 1 atom stereocenters. The summed E-state index contributed by atoms with van der Waals surface area (Å²) in [5, 5.41) is 11.6. The molecule has 0 aromatic heterocycles. The van der Waals surface area contributed by atoms with Gasteiger partial charge < -0.3 is 15.2 Å². The first-order chi connectivity index (χ1) is 8.42. The largest absolute Gasteiger partial charge is 0.478 e. The number of nitrogens with one attached hydrogen (secondary N) is 1. The van der Waals surface area contributed by atoms with Gasteiger partial charge in [0.25, 0.3) is 0 Å². The Morgan fingerprint density at radius 3 is 2.50 bits per heavy atom. The number of carboxylic acids is 1. The average molecular weight is 271 g/mol. The van der Waals surface area contributed by atoms with Crippen molar-refractivity contribution in [3.05, 3.63) is 22.9 Å². The van der Waals surface area contributed by atoms with Crippen LogP contribution in [0, 0.1) is 0 Å². The van der Waals surface area contributed by atoms with E-state index in [1.54, 1.807) is 6.92 Å². The van der Waals surface area contributed by atoms with Gasteiger partial charge in [-0.2, -0.15) is 0 Å². The van der Waals surface area contributed by atoms with Crippen molar-refractivity contribution >= 4 is 28.0 Å². The van der Waals surface area contributed by atoms with Gasteiger partial charge in [-0.1, -0.05) is 0 Å². The molecule has 0 saturated carbocycles. The van der Waals surface area contributed by atoms with E-state index in [-0.39, 0.29) is 27.6 Å². The van der Waals surface area contributed by atoms with Crippen molar-refractivity contribution in [3.8, 4) is 0 Å². The Bertz CT molecular complexity index is 514. The van der Waals surface area contributed by atoms with Gasteiger partial charge in [0.15, 0.2) is 0 Å². The van der Waals surface area contributed by atoms with Crippen LogP contribution in [0.2, 0.25) is 0 Å². The molecule has 1 aliphatic rings. The van der Waals surface area contributed by atoms with Crippen LogP contribution in [0.15, 0.2) is 22.9 Å². The smallest absolute Gasteiger partial charge is 0.334 e. The summed E-state index contributed by atoms with van der Waals surface area (Å²) in [4.78, 5) is 22.3. The van der Waals surface area contributed by atoms with Gasteiger partial charge in [0.2, 0.25) is 5.91 Å². The van der Waals surface area contributed by atoms with Gasteiger partial charge >= 0.3 is 5.97 Å². The SMILES string of the molecule is COC1C(C(=O)O)=CC(C)=C(NC(C)=O)C1=S=O. The highest BCUT2D eigenvalue weighted by atomic mass is 32.1. The number of rotatable bonds is 3. The molecule has 0 heterocycles. The highest BCUT2D eigenvalue weighted by Gasteiger charge is 2.32. The third kappa shape index (κ3) is 2.74. The number of carbonyl (C=O) groups excluding carboxylic acids is 1. The second-order valence-corrected chi connectivity index (χ2v) is 4.31. The van der Waals surface area contributed by atoms with Gasteiger partial charge in [0, 0.05) is 14.0 Å². The Morgan fingerprint density at radius 2 is 2.11 bits per heavy atom. The van der Waals surface area contributed by atoms with Crippen molar-refractivity contribution in [2.24, 2.45) is 0 Å². The van der Waals surface area contributed by atoms with E-state index in [0.717, 1.165) is 0 Å². The van der Waals surface area contributed by atoms with Crippen LogP contribution in [0.3, 0.4) is 0 Å². The summed E-state index contributed by atoms with van der Waals surface area (Å²) in [6, 6.07) is 0. The molecule has 98 valence electrons. The van der Waals surface area contributed by atoms with Gasteiger partial charge in [0.05, 0.1) is 22.5 Å². The number of carboxylic acid groups (broad SMARTS) is 1. The van der Waals surface area contributed by atoms with Crippen molar-refractivity contribution < 1.29 is 23.6 Å². The number of ether oxygens (including phenoxy) is 1. The van der Waals surface area contributed by atoms with Gasteiger partial charge in [0.1, 0.15) is 11.0 Å². The molecule has 1 unspecified atom stereocenters. The van der Waals surface area contributed by atoms with Crippen molar-refractivity contribution in [3.63, 3.8) is 0 Å². The Labute approximate surface area is 107 Å². The topological polar surface area (TPSA) is 92.7 Å². The number of methoxy groups -OCH3 is 1. The van der Waals surface area contributed by atoms with Crippen molar-refractivity contribution in [1.29, 1.82) is 0 Å². The van der Waals surface area contributed by atoms with E-state index in [1.807, 2.05) is 0 Å². The fraction of sp³-hybridized carbons (Fsp3) is 0.364. The van der Waals surface area contributed by atoms with Crippen molar-refractivity contribution in [1.82, 2.24) is 5.32 Å². The van der Waals surface area contributed by atoms with Gasteiger partial charge in [-0.05, 0) is 18.6 Å².